The topological polar surface area (TPSA) is 15.6 Å². The van der Waals surface area contributed by atoms with Gasteiger partial charge in [0.05, 0.1) is 17.5 Å². The van der Waals surface area contributed by atoms with E-state index < -0.39 is 10.8 Å². The minimum Gasteiger partial charge on any atom is -0.333 e. The zero-order valence-electron chi connectivity index (χ0n) is 39.3. The van der Waals surface area contributed by atoms with Gasteiger partial charge in [-0.15, -0.1) is 0 Å². The number of para-hydroxylation sites is 1. The molecule has 5 aliphatic carbocycles. The third-order valence-corrected chi connectivity index (χ3v) is 16.6. The number of rotatable bonds is 6. The molecule has 6 aromatic carbocycles. The van der Waals surface area contributed by atoms with Crippen LogP contribution in [0.4, 0.5) is 11.4 Å². The van der Waals surface area contributed by atoms with Crippen molar-refractivity contribution >= 4 is 33.9 Å². The number of anilines is 2. The summed E-state index contributed by atoms with van der Waals surface area (Å²) in [5, 5.41) is 0. The first-order valence-electron chi connectivity index (χ1n) is 24.9. The maximum Gasteiger partial charge on any atom is 0.0740 e. The number of fused-ring (bicyclic) bond motifs is 8. The van der Waals surface area contributed by atoms with Crippen LogP contribution in [0.2, 0.25) is 0 Å². The smallest absolute Gasteiger partial charge is 0.0740 e. The highest BCUT2D eigenvalue weighted by Crippen LogP contribution is 2.65. The van der Waals surface area contributed by atoms with Gasteiger partial charge in [0.2, 0.25) is 0 Å². The lowest BCUT2D eigenvalue weighted by atomic mass is 9.50. The summed E-state index contributed by atoms with van der Waals surface area (Å²) in [6.07, 6.45) is 25.4. The molecule has 4 atom stereocenters. The van der Waals surface area contributed by atoms with Gasteiger partial charge in [0, 0.05) is 40.1 Å². The standard InChI is InChI=1S/C66H56N2/c1-43-52(36-39-57(44-21-8-4-9-22-44)67-64(43)45-23-10-5-11-24-45)47-26-20-31-51(42-47)68-58-34-19-18-33-54(58)61-59(68)40-38-56-63(61)66(3,50-29-14-7-15-30-50)55-37-35-48-41-46-25-16-17-32-53(46)60(48)62(55)65(56,2)49-27-12-6-13-28-49/h5-8,10-16,18-31,33-38,40,42,59,61H,4,9,17,32,39,41H2,1-3H3. The van der Waals surface area contributed by atoms with Crippen molar-refractivity contribution in [2.45, 2.75) is 82.1 Å². The van der Waals surface area contributed by atoms with Gasteiger partial charge in [-0.1, -0.05) is 182 Å². The Labute approximate surface area is 402 Å². The molecule has 7 aliphatic rings. The highest BCUT2D eigenvalue weighted by Gasteiger charge is 2.57. The summed E-state index contributed by atoms with van der Waals surface area (Å²) in [6.45, 7) is 7.39. The number of aliphatic imine (C=N–C) groups is 1. The van der Waals surface area contributed by atoms with Gasteiger partial charge in [-0.25, -0.2) is 0 Å². The number of nitrogens with zero attached hydrogens (tertiary/aromatic N) is 2. The molecule has 2 heterocycles. The predicted octanol–water partition coefficient (Wildman–Crippen LogP) is 16.1. The van der Waals surface area contributed by atoms with Crippen LogP contribution in [0, 0.1) is 0 Å². The SMILES string of the molecule is CC1=C(c2ccccc2)N=C(C2=CCCC=C2)CC=C1c1cccc(N2c3ccccc3C3C4=C(C=CC32)C(C)(c2ccccc2)c2c(ccc3c2C2=C(C=CCC2)C3)C4(C)c2ccccc2)c1. The fraction of sp³-hybridized carbons (Fsp3) is 0.197. The Balaban J connectivity index is 0.999. The Bertz CT molecular complexity index is 3370. The molecular formula is C66H56N2. The van der Waals surface area contributed by atoms with Gasteiger partial charge >= 0.3 is 0 Å². The third kappa shape index (κ3) is 6.05. The van der Waals surface area contributed by atoms with Crippen molar-refractivity contribution in [3.63, 3.8) is 0 Å². The number of hydrogen-bond donors (Lipinski definition) is 0. The second-order valence-electron chi connectivity index (χ2n) is 20.1. The van der Waals surface area contributed by atoms with Crippen LogP contribution < -0.4 is 4.90 Å². The van der Waals surface area contributed by atoms with Gasteiger partial charge in [0.25, 0.3) is 0 Å². The third-order valence-electron chi connectivity index (χ3n) is 16.6. The van der Waals surface area contributed by atoms with E-state index in [1.165, 1.54) is 89.3 Å². The first kappa shape index (κ1) is 40.9. The molecule has 0 N–H and O–H groups in total. The zero-order valence-corrected chi connectivity index (χ0v) is 39.3. The maximum atomic E-state index is 5.47. The molecule has 0 aromatic heterocycles. The Morgan fingerprint density at radius 2 is 1.37 bits per heavy atom. The Morgan fingerprint density at radius 1 is 0.647 bits per heavy atom. The lowest BCUT2D eigenvalue weighted by Crippen LogP contribution is -2.47. The Hall–Kier alpha value is -7.29. The van der Waals surface area contributed by atoms with Gasteiger partial charge in [-0.05, 0) is 155 Å². The van der Waals surface area contributed by atoms with E-state index in [-0.39, 0.29) is 12.0 Å². The highest BCUT2D eigenvalue weighted by molar-refractivity contribution is 6.09. The van der Waals surface area contributed by atoms with E-state index in [1.807, 2.05) is 0 Å². The van der Waals surface area contributed by atoms with Crippen molar-refractivity contribution in [2.24, 2.45) is 4.99 Å². The van der Waals surface area contributed by atoms with Crippen LogP contribution in [0.25, 0.3) is 16.8 Å². The fourth-order valence-corrected chi connectivity index (χ4v) is 13.4. The number of allylic oxidation sites excluding steroid dienone is 13. The number of hydrogen-bond acceptors (Lipinski definition) is 2. The Morgan fingerprint density at radius 3 is 2.15 bits per heavy atom. The molecule has 0 amide bonds. The van der Waals surface area contributed by atoms with Crippen LogP contribution in [0.15, 0.2) is 233 Å². The molecule has 2 nitrogen and oxygen atoms in total. The van der Waals surface area contributed by atoms with E-state index in [4.69, 9.17) is 4.99 Å². The summed E-state index contributed by atoms with van der Waals surface area (Å²) in [4.78, 5) is 8.13. The van der Waals surface area contributed by atoms with E-state index in [0.717, 1.165) is 55.5 Å². The van der Waals surface area contributed by atoms with Gasteiger partial charge < -0.3 is 4.90 Å². The quantitative estimate of drug-likeness (QED) is 0.163. The summed E-state index contributed by atoms with van der Waals surface area (Å²) in [5.74, 6) is 0.105. The van der Waals surface area contributed by atoms with E-state index >= 15 is 0 Å². The molecule has 2 aliphatic heterocycles. The fourth-order valence-electron chi connectivity index (χ4n) is 13.4. The molecule has 68 heavy (non-hydrogen) atoms. The van der Waals surface area contributed by atoms with Crippen molar-refractivity contribution in [3.8, 4) is 0 Å². The second kappa shape index (κ2) is 15.9. The summed E-state index contributed by atoms with van der Waals surface area (Å²) < 4.78 is 0. The average Bonchev–Trinajstić information content (AvgIpc) is 3.89. The average molecular weight is 877 g/mol. The van der Waals surface area contributed by atoms with Crippen LogP contribution in [-0.2, 0) is 17.3 Å². The molecular weight excluding hydrogens is 821 g/mol. The minimum atomic E-state index is -0.413. The van der Waals surface area contributed by atoms with Crippen molar-refractivity contribution in [1.29, 1.82) is 0 Å². The number of benzene rings is 6. The molecule has 0 spiro atoms. The van der Waals surface area contributed by atoms with Crippen LogP contribution in [-0.4, -0.2) is 11.8 Å². The largest absolute Gasteiger partial charge is 0.333 e. The van der Waals surface area contributed by atoms with Crippen LogP contribution in [0.3, 0.4) is 0 Å². The molecule has 2 heteroatoms. The minimum absolute atomic E-state index is 0.0674. The molecule has 0 bridgehead atoms. The van der Waals surface area contributed by atoms with Gasteiger partial charge in [0.15, 0.2) is 0 Å². The molecule has 330 valence electrons. The summed E-state index contributed by atoms with van der Waals surface area (Å²) in [5.41, 5.74) is 26.0. The molecule has 6 aromatic rings. The van der Waals surface area contributed by atoms with Gasteiger partial charge in [0.1, 0.15) is 0 Å². The van der Waals surface area contributed by atoms with Gasteiger partial charge in [-0.2, -0.15) is 0 Å². The Kier molecular flexibility index (Phi) is 9.58. The molecule has 13 rings (SSSR count). The molecule has 0 radical (unpaired) electrons. The molecule has 4 unspecified atom stereocenters. The van der Waals surface area contributed by atoms with Crippen molar-refractivity contribution in [2.75, 3.05) is 4.90 Å². The van der Waals surface area contributed by atoms with Crippen molar-refractivity contribution in [1.82, 2.24) is 0 Å². The second-order valence-corrected chi connectivity index (χ2v) is 20.1. The summed E-state index contributed by atoms with van der Waals surface area (Å²) in [6, 6.07) is 57.5. The van der Waals surface area contributed by atoms with Crippen molar-refractivity contribution in [3.05, 3.63) is 278 Å². The predicted molar refractivity (Wildman–Crippen MR) is 284 cm³/mol. The first-order valence-corrected chi connectivity index (χ1v) is 24.9. The lowest BCUT2D eigenvalue weighted by molar-refractivity contribution is 0.498. The maximum absolute atomic E-state index is 5.47. The lowest BCUT2D eigenvalue weighted by Gasteiger charge is -2.53. The molecule has 0 fully saturated rings. The monoisotopic (exact) mass is 876 g/mol. The summed E-state index contributed by atoms with van der Waals surface area (Å²) in [7, 11) is 0. The zero-order chi connectivity index (χ0) is 45.6. The van der Waals surface area contributed by atoms with Crippen LogP contribution >= 0.6 is 0 Å². The van der Waals surface area contributed by atoms with Crippen molar-refractivity contribution < 1.29 is 0 Å². The van der Waals surface area contributed by atoms with Crippen LogP contribution in [0.5, 0.6) is 0 Å². The van der Waals surface area contributed by atoms with E-state index in [9.17, 15) is 0 Å². The normalized spacial score (nSPS) is 24.3. The summed E-state index contributed by atoms with van der Waals surface area (Å²) >= 11 is 0. The van der Waals surface area contributed by atoms with E-state index in [0.29, 0.717) is 0 Å². The van der Waals surface area contributed by atoms with Gasteiger partial charge in [-0.3, -0.25) is 4.99 Å². The van der Waals surface area contributed by atoms with Crippen LogP contribution in [0.1, 0.15) is 109 Å². The van der Waals surface area contributed by atoms with E-state index in [2.05, 4.69) is 226 Å². The molecule has 0 saturated carbocycles. The molecule has 0 saturated heterocycles. The van der Waals surface area contributed by atoms with E-state index in [1.54, 1.807) is 5.57 Å². The highest BCUT2D eigenvalue weighted by atomic mass is 15.2. The first-order chi connectivity index (χ1) is 33.4.